The number of nitrogens with zero attached hydrogens (tertiary/aromatic N) is 2. The van der Waals surface area contributed by atoms with E-state index in [1.165, 1.54) is 12.1 Å². The fraction of sp³-hybridized carbons (Fsp3) is 0.263. The largest absolute Gasteiger partial charge is 0.347 e. The summed E-state index contributed by atoms with van der Waals surface area (Å²) in [5.74, 6) is -0.721. The van der Waals surface area contributed by atoms with Crippen LogP contribution in [0.15, 0.2) is 54.9 Å². The molecule has 0 aliphatic rings. The van der Waals surface area contributed by atoms with E-state index in [1.54, 1.807) is 25.4 Å². The summed E-state index contributed by atoms with van der Waals surface area (Å²) in [7, 11) is 0. The Labute approximate surface area is 145 Å². The van der Waals surface area contributed by atoms with Gasteiger partial charge in [-0.25, -0.2) is 9.37 Å². The summed E-state index contributed by atoms with van der Waals surface area (Å²) in [6, 6.07) is 13.7. The van der Waals surface area contributed by atoms with Crippen molar-refractivity contribution in [3.05, 3.63) is 66.2 Å². The monoisotopic (exact) mass is 340 g/mol. The van der Waals surface area contributed by atoms with E-state index >= 15 is 0 Å². The van der Waals surface area contributed by atoms with E-state index in [9.17, 15) is 9.18 Å². The zero-order chi connectivity index (χ0) is 17.8. The summed E-state index contributed by atoms with van der Waals surface area (Å²) in [5, 5.41) is 3.02. The number of para-hydroxylation sites is 2. The summed E-state index contributed by atoms with van der Waals surface area (Å²) in [4.78, 5) is 16.7. The van der Waals surface area contributed by atoms with Crippen LogP contribution < -0.4 is 11.1 Å². The number of halogens is 1. The quantitative estimate of drug-likeness (QED) is 0.724. The third-order valence-corrected chi connectivity index (χ3v) is 4.30. The Balaban J connectivity index is 1.90. The lowest BCUT2D eigenvalue weighted by Gasteiger charge is -2.22. The summed E-state index contributed by atoms with van der Waals surface area (Å²) in [6.45, 7) is 2.55. The minimum Gasteiger partial charge on any atom is -0.347 e. The normalized spacial score (nSPS) is 13.6. The van der Waals surface area contributed by atoms with Crippen LogP contribution in [0.5, 0.6) is 0 Å². The number of hydrogen-bond donors (Lipinski definition) is 2. The molecule has 130 valence electrons. The summed E-state index contributed by atoms with van der Waals surface area (Å²) in [6.07, 6.45) is 1.75. The maximum Gasteiger partial charge on any atom is 0.224 e. The molecule has 2 unspecified atom stereocenters. The van der Waals surface area contributed by atoms with Gasteiger partial charge in [0.25, 0.3) is 0 Å². The Hall–Kier alpha value is -2.73. The second kappa shape index (κ2) is 7.44. The highest BCUT2D eigenvalue weighted by Crippen LogP contribution is 2.20. The third kappa shape index (κ3) is 3.85. The Morgan fingerprint density at radius 3 is 2.68 bits per heavy atom. The number of rotatable bonds is 6. The van der Waals surface area contributed by atoms with Crippen molar-refractivity contribution in [1.29, 1.82) is 0 Å². The molecule has 0 saturated heterocycles. The molecule has 1 heterocycles. The third-order valence-electron chi connectivity index (χ3n) is 4.30. The number of hydrogen-bond acceptors (Lipinski definition) is 3. The fourth-order valence-corrected chi connectivity index (χ4v) is 2.70. The van der Waals surface area contributed by atoms with Crippen LogP contribution in [-0.2, 0) is 11.3 Å². The molecule has 3 rings (SSSR count). The number of fused-ring (bicyclic) bond motifs is 1. The van der Waals surface area contributed by atoms with Gasteiger partial charge in [0, 0.05) is 19.0 Å². The highest BCUT2D eigenvalue weighted by molar-refractivity contribution is 5.79. The van der Waals surface area contributed by atoms with Crippen LogP contribution in [0.4, 0.5) is 4.39 Å². The molecular weight excluding hydrogens is 319 g/mol. The van der Waals surface area contributed by atoms with Crippen LogP contribution in [-0.4, -0.2) is 22.0 Å². The van der Waals surface area contributed by atoms with Crippen LogP contribution in [0.25, 0.3) is 11.0 Å². The SMILES string of the molecule is CC(CN)C(=O)NC(Cn1cnc2ccccc21)c1ccc(F)cc1. The van der Waals surface area contributed by atoms with Crippen molar-refractivity contribution < 1.29 is 9.18 Å². The second-order valence-electron chi connectivity index (χ2n) is 6.14. The Morgan fingerprint density at radius 2 is 1.96 bits per heavy atom. The summed E-state index contributed by atoms with van der Waals surface area (Å²) >= 11 is 0. The van der Waals surface area contributed by atoms with Crippen molar-refractivity contribution in [3.63, 3.8) is 0 Å². The van der Waals surface area contributed by atoms with Gasteiger partial charge < -0.3 is 15.6 Å². The van der Waals surface area contributed by atoms with Crippen LogP contribution in [0, 0.1) is 11.7 Å². The molecule has 0 spiro atoms. The number of benzene rings is 2. The van der Waals surface area contributed by atoms with Gasteiger partial charge in [-0.3, -0.25) is 4.79 Å². The number of amides is 1. The number of nitrogens with two attached hydrogens (primary N) is 1. The van der Waals surface area contributed by atoms with Gasteiger partial charge in [0.05, 0.1) is 23.4 Å². The average molecular weight is 340 g/mol. The first kappa shape index (κ1) is 17.1. The Bertz CT molecular complexity index is 859. The number of aromatic nitrogens is 2. The second-order valence-corrected chi connectivity index (χ2v) is 6.14. The van der Waals surface area contributed by atoms with Gasteiger partial charge in [0.1, 0.15) is 5.82 Å². The van der Waals surface area contributed by atoms with E-state index in [-0.39, 0.29) is 30.2 Å². The fourth-order valence-electron chi connectivity index (χ4n) is 2.70. The molecule has 6 heteroatoms. The standard InChI is InChI=1S/C19H21FN4O/c1-13(10-21)19(25)23-17(14-6-8-15(20)9-7-14)11-24-12-22-16-4-2-3-5-18(16)24/h2-9,12-13,17H,10-11,21H2,1H3,(H,23,25). The van der Waals surface area contributed by atoms with E-state index in [4.69, 9.17) is 5.73 Å². The molecule has 3 N–H and O–H groups in total. The van der Waals surface area contributed by atoms with E-state index < -0.39 is 0 Å². The van der Waals surface area contributed by atoms with Crippen molar-refractivity contribution in [2.24, 2.45) is 11.7 Å². The van der Waals surface area contributed by atoms with Gasteiger partial charge in [0.15, 0.2) is 0 Å². The van der Waals surface area contributed by atoms with E-state index in [2.05, 4.69) is 10.3 Å². The predicted molar refractivity (Wildman–Crippen MR) is 95.2 cm³/mol. The number of carbonyl (C=O) groups excluding carboxylic acids is 1. The lowest BCUT2D eigenvalue weighted by molar-refractivity contribution is -0.125. The number of imidazole rings is 1. The van der Waals surface area contributed by atoms with Crippen molar-refractivity contribution in [3.8, 4) is 0 Å². The van der Waals surface area contributed by atoms with Gasteiger partial charge >= 0.3 is 0 Å². The molecule has 25 heavy (non-hydrogen) atoms. The molecule has 0 saturated carbocycles. The first-order valence-electron chi connectivity index (χ1n) is 8.24. The number of nitrogens with one attached hydrogen (secondary N) is 1. The molecule has 0 aliphatic heterocycles. The van der Waals surface area contributed by atoms with E-state index in [0.717, 1.165) is 16.6 Å². The zero-order valence-electron chi connectivity index (χ0n) is 14.0. The molecule has 0 radical (unpaired) electrons. The molecule has 2 atom stereocenters. The molecule has 0 fully saturated rings. The van der Waals surface area contributed by atoms with Gasteiger partial charge in [0.2, 0.25) is 5.91 Å². The minimum absolute atomic E-state index is 0.124. The molecule has 2 aromatic carbocycles. The smallest absolute Gasteiger partial charge is 0.224 e. The topological polar surface area (TPSA) is 72.9 Å². The molecule has 0 bridgehead atoms. The van der Waals surface area contributed by atoms with Crippen LogP contribution in [0.1, 0.15) is 18.5 Å². The lowest BCUT2D eigenvalue weighted by atomic mass is 10.0. The minimum atomic E-state index is -0.308. The Kier molecular flexibility index (Phi) is 5.09. The maximum atomic E-state index is 13.3. The van der Waals surface area contributed by atoms with Crippen LogP contribution in [0.3, 0.4) is 0 Å². The maximum absolute atomic E-state index is 13.3. The highest BCUT2D eigenvalue weighted by atomic mass is 19.1. The summed E-state index contributed by atoms with van der Waals surface area (Å²) < 4.78 is 15.2. The Morgan fingerprint density at radius 1 is 1.24 bits per heavy atom. The van der Waals surface area contributed by atoms with Crippen molar-refractivity contribution in [1.82, 2.24) is 14.9 Å². The molecule has 5 nitrogen and oxygen atoms in total. The van der Waals surface area contributed by atoms with Crippen molar-refractivity contribution in [2.45, 2.75) is 19.5 Å². The van der Waals surface area contributed by atoms with Gasteiger partial charge in [-0.05, 0) is 29.8 Å². The number of carbonyl (C=O) groups is 1. The first-order valence-corrected chi connectivity index (χ1v) is 8.24. The average Bonchev–Trinajstić information content (AvgIpc) is 3.04. The van der Waals surface area contributed by atoms with Gasteiger partial charge in [-0.2, -0.15) is 0 Å². The van der Waals surface area contributed by atoms with Crippen LogP contribution in [0.2, 0.25) is 0 Å². The lowest BCUT2D eigenvalue weighted by Crippen LogP contribution is -2.37. The van der Waals surface area contributed by atoms with Crippen molar-refractivity contribution in [2.75, 3.05) is 6.54 Å². The highest BCUT2D eigenvalue weighted by Gasteiger charge is 2.19. The van der Waals surface area contributed by atoms with E-state index in [1.807, 2.05) is 28.8 Å². The first-order chi connectivity index (χ1) is 12.1. The molecule has 0 aliphatic carbocycles. The molecule has 1 amide bonds. The van der Waals surface area contributed by atoms with Crippen LogP contribution >= 0.6 is 0 Å². The molecule has 1 aromatic heterocycles. The van der Waals surface area contributed by atoms with Gasteiger partial charge in [-0.1, -0.05) is 31.2 Å². The van der Waals surface area contributed by atoms with Crippen molar-refractivity contribution >= 4 is 16.9 Å². The predicted octanol–water partition coefficient (Wildman–Crippen LogP) is 2.63. The molecule has 3 aromatic rings. The zero-order valence-corrected chi connectivity index (χ0v) is 14.0. The summed E-state index contributed by atoms with van der Waals surface area (Å²) in [5.41, 5.74) is 8.30. The molecular formula is C19H21FN4O. The van der Waals surface area contributed by atoms with E-state index in [0.29, 0.717) is 6.54 Å². The van der Waals surface area contributed by atoms with Gasteiger partial charge in [-0.15, -0.1) is 0 Å².